The number of aliphatic carboxylic acids is 1. The van der Waals surface area contributed by atoms with Gasteiger partial charge in [-0.05, 0) is 31.4 Å². The molecule has 0 aromatic heterocycles. The maximum absolute atomic E-state index is 13.3. The van der Waals surface area contributed by atoms with Crippen LogP contribution in [0.15, 0.2) is 18.2 Å². The number of nitrogens with one attached hydrogen (secondary N) is 2. The minimum Gasteiger partial charge on any atom is -0.480 e. The number of carboxylic acids is 1. The Hall–Kier alpha value is -2.02. The number of benzene rings is 1. The number of carboxylic acid groups (broad SMARTS) is 1. The Morgan fingerprint density at radius 1 is 1.30 bits per heavy atom. The number of halogens is 2. The van der Waals surface area contributed by atoms with Gasteiger partial charge < -0.3 is 10.4 Å². The number of hydrogen-bond donors (Lipinski definition) is 3. The molecule has 1 aromatic rings. The number of rotatable bonds is 5. The molecule has 1 aliphatic rings. The molecule has 0 radical (unpaired) electrons. The summed E-state index contributed by atoms with van der Waals surface area (Å²) < 4.78 is 26.2. The standard InChI is InChI=1S/C13H14F2N2O3/c14-8-2-3-9(15)10(6-8)17-11(18)7-16-13(12(19)20)4-1-5-13/h2-3,6,16H,1,4-5,7H2,(H,17,18)(H,19,20). The Morgan fingerprint density at radius 3 is 2.55 bits per heavy atom. The van der Waals surface area contributed by atoms with Gasteiger partial charge in [0.05, 0.1) is 12.2 Å². The van der Waals surface area contributed by atoms with Crippen LogP contribution in [0.2, 0.25) is 0 Å². The van der Waals surface area contributed by atoms with Crippen LogP contribution in [0.3, 0.4) is 0 Å². The van der Waals surface area contributed by atoms with E-state index in [2.05, 4.69) is 10.6 Å². The molecule has 0 bridgehead atoms. The SMILES string of the molecule is O=C(CNC1(C(=O)O)CCC1)Nc1cc(F)ccc1F. The van der Waals surface area contributed by atoms with E-state index in [0.29, 0.717) is 12.8 Å². The third kappa shape index (κ3) is 2.93. The van der Waals surface area contributed by atoms with Crippen LogP contribution < -0.4 is 10.6 Å². The van der Waals surface area contributed by atoms with Crippen LogP contribution in [0, 0.1) is 11.6 Å². The molecule has 3 N–H and O–H groups in total. The molecule has 1 amide bonds. The van der Waals surface area contributed by atoms with Crippen LogP contribution in [0.5, 0.6) is 0 Å². The van der Waals surface area contributed by atoms with Gasteiger partial charge in [0.25, 0.3) is 0 Å². The summed E-state index contributed by atoms with van der Waals surface area (Å²) in [5.41, 5.74) is -1.34. The molecule has 1 aromatic carbocycles. The van der Waals surface area contributed by atoms with Crippen molar-refractivity contribution in [1.82, 2.24) is 5.32 Å². The number of anilines is 1. The molecule has 1 aliphatic carbocycles. The average Bonchev–Trinajstić information content (AvgIpc) is 2.32. The van der Waals surface area contributed by atoms with Crippen molar-refractivity contribution in [2.75, 3.05) is 11.9 Å². The second-order valence-corrected chi connectivity index (χ2v) is 4.77. The van der Waals surface area contributed by atoms with Crippen molar-refractivity contribution in [3.8, 4) is 0 Å². The monoisotopic (exact) mass is 284 g/mol. The van der Waals surface area contributed by atoms with Crippen LogP contribution in [0.1, 0.15) is 19.3 Å². The zero-order valence-electron chi connectivity index (χ0n) is 10.6. The largest absolute Gasteiger partial charge is 0.480 e. The van der Waals surface area contributed by atoms with Crippen LogP contribution in [-0.2, 0) is 9.59 Å². The fourth-order valence-electron chi connectivity index (χ4n) is 2.03. The quantitative estimate of drug-likeness (QED) is 0.765. The molecule has 0 atom stereocenters. The summed E-state index contributed by atoms with van der Waals surface area (Å²) in [6.07, 6.45) is 1.67. The van der Waals surface area contributed by atoms with Gasteiger partial charge in [0.2, 0.25) is 5.91 Å². The Bertz CT molecular complexity index is 544. The van der Waals surface area contributed by atoms with Crippen molar-refractivity contribution in [1.29, 1.82) is 0 Å². The van der Waals surface area contributed by atoms with Crippen molar-refractivity contribution in [3.05, 3.63) is 29.8 Å². The number of carbonyl (C=O) groups excluding carboxylic acids is 1. The Kier molecular flexibility index (Phi) is 3.99. The topological polar surface area (TPSA) is 78.4 Å². The van der Waals surface area contributed by atoms with Gasteiger partial charge in [0, 0.05) is 6.07 Å². The third-order valence-corrected chi connectivity index (χ3v) is 3.41. The molecule has 108 valence electrons. The first-order chi connectivity index (χ1) is 9.43. The second-order valence-electron chi connectivity index (χ2n) is 4.77. The summed E-state index contributed by atoms with van der Waals surface area (Å²) in [6, 6.07) is 2.71. The van der Waals surface area contributed by atoms with Gasteiger partial charge in [-0.25, -0.2) is 8.78 Å². The fourth-order valence-corrected chi connectivity index (χ4v) is 2.03. The van der Waals surface area contributed by atoms with Gasteiger partial charge in [-0.1, -0.05) is 0 Å². The van der Waals surface area contributed by atoms with Gasteiger partial charge in [-0.3, -0.25) is 14.9 Å². The minimum atomic E-state index is -1.07. The molecular weight excluding hydrogens is 270 g/mol. The van der Waals surface area contributed by atoms with E-state index >= 15 is 0 Å². The summed E-state index contributed by atoms with van der Waals surface area (Å²) in [5, 5.41) is 13.9. The molecule has 20 heavy (non-hydrogen) atoms. The Labute approximate surface area is 114 Å². The molecule has 0 unspecified atom stereocenters. The van der Waals surface area contributed by atoms with E-state index in [0.717, 1.165) is 24.6 Å². The lowest BCUT2D eigenvalue weighted by atomic mass is 9.77. The van der Waals surface area contributed by atoms with E-state index in [1.807, 2.05) is 0 Å². The molecule has 2 rings (SSSR count). The van der Waals surface area contributed by atoms with Crippen molar-refractivity contribution < 1.29 is 23.5 Å². The van der Waals surface area contributed by atoms with E-state index in [1.54, 1.807) is 0 Å². The summed E-state index contributed by atoms with van der Waals surface area (Å²) in [5.74, 6) is -3.05. The summed E-state index contributed by atoms with van der Waals surface area (Å²) in [4.78, 5) is 22.7. The lowest BCUT2D eigenvalue weighted by Crippen LogP contribution is -2.58. The normalized spacial score (nSPS) is 16.3. The molecule has 1 saturated carbocycles. The summed E-state index contributed by atoms with van der Waals surface area (Å²) >= 11 is 0. The minimum absolute atomic E-state index is 0.269. The summed E-state index contributed by atoms with van der Waals surface area (Å²) in [6.45, 7) is -0.276. The van der Waals surface area contributed by atoms with Crippen molar-refractivity contribution >= 4 is 17.6 Å². The predicted octanol–water partition coefficient (Wildman–Crippen LogP) is 1.50. The first-order valence-electron chi connectivity index (χ1n) is 6.16. The smallest absolute Gasteiger partial charge is 0.323 e. The zero-order chi connectivity index (χ0) is 14.8. The molecule has 0 spiro atoms. The number of carbonyl (C=O) groups is 2. The lowest BCUT2D eigenvalue weighted by Gasteiger charge is -2.38. The van der Waals surface area contributed by atoms with Gasteiger partial charge >= 0.3 is 5.97 Å². The highest BCUT2D eigenvalue weighted by Gasteiger charge is 2.44. The van der Waals surface area contributed by atoms with E-state index < -0.39 is 29.0 Å². The van der Waals surface area contributed by atoms with Crippen LogP contribution >= 0.6 is 0 Å². The lowest BCUT2D eigenvalue weighted by molar-refractivity contribution is -0.148. The highest BCUT2D eigenvalue weighted by atomic mass is 19.1. The zero-order valence-corrected chi connectivity index (χ0v) is 10.6. The van der Waals surface area contributed by atoms with Crippen LogP contribution in [0.4, 0.5) is 14.5 Å². The summed E-state index contributed by atoms with van der Waals surface area (Å²) in [7, 11) is 0. The Balaban J connectivity index is 1.93. The highest BCUT2D eigenvalue weighted by Crippen LogP contribution is 2.31. The molecule has 7 heteroatoms. The van der Waals surface area contributed by atoms with Gasteiger partial charge in [0.15, 0.2) is 0 Å². The van der Waals surface area contributed by atoms with Crippen molar-refractivity contribution in [3.63, 3.8) is 0 Å². The molecule has 0 saturated heterocycles. The van der Waals surface area contributed by atoms with Crippen molar-refractivity contribution in [2.24, 2.45) is 0 Å². The first-order valence-corrected chi connectivity index (χ1v) is 6.16. The maximum Gasteiger partial charge on any atom is 0.323 e. The Morgan fingerprint density at radius 2 is 2.00 bits per heavy atom. The maximum atomic E-state index is 13.3. The van der Waals surface area contributed by atoms with Gasteiger partial charge in [0.1, 0.15) is 17.2 Å². The first kappa shape index (κ1) is 14.4. The average molecular weight is 284 g/mol. The molecule has 0 aliphatic heterocycles. The van der Waals surface area contributed by atoms with E-state index in [1.165, 1.54) is 0 Å². The van der Waals surface area contributed by atoms with Gasteiger partial charge in [-0.15, -0.1) is 0 Å². The van der Waals surface area contributed by atoms with Crippen molar-refractivity contribution in [2.45, 2.75) is 24.8 Å². The van der Waals surface area contributed by atoms with E-state index in [-0.39, 0.29) is 12.2 Å². The predicted molar refractivity (Wildman–Crippen MR) is 67.2 cm³/mol. The van der Waals surface area contributed by atoms with Gasteiger partial charge in [-0.2, -0.15) is 0 Å². The third-order valence-electron chi connectivity index (χ3n) is 3.41. The number of hydrogen-bond acceptors (Lipinski definition) is 3. The molecule has 0 heterocycles. The highest BCUT2D eigenvalue weighted by molar-refractivity contribution is 5.93. The number of amides is 1. The fraction of sp³-hybridized carbons (Fsp3) is 0.385. The van der Waals surface area contributed by atoms with E-state index in [4.69, 9.17) is 5.11 Å². The molecule has 5 nitrogen and oxygen atoms in total. The molecular formula is C13H14F2N2O3. The molecule has 1 fully saturated rings. The van der Waals surface area contributed by atoms with Crippen LogP contribution in [0.25, 0.3) is 0 Å². The second kappa shape index (κ2) is 5.54. The van der Waals surface area contributed by atoms with Crippen LogP contribution in [-0.4, -0.2) is 29.1 Å². The van der Waals surface area contributed by atoms with E-state index in [9.17, 15) is 18.4 Å².